The van der Waals surface area contributed by atoms with Gasteiger partial charge in [0.25, 0.3) is 0 Å². The first kappa shape index (κ1) is 9.54. The second-order valence-corrected chi connectivity index (χ2v) is 4.47. The van der Waals surface area contributed by atoms with Gasteiger partial charge in [0.1, 0.15) is 4.33 Å². The van der Waals surface area contributed by atoms with E-state index in [-0.39, 0.29) is 0 Å². The summed E-state index contributed by atoms with van der Waals surface area (Å²) in [5.74, 6) is 0. The van der Waals surface area contributed by atoms with Gasteiger partial charge in [-0.05, 0) is 6.92 Å². The minimum Gasteiger partial charge on any atom is -0.312 e. The molecule has 0 aliphatic heterocycles. The van der Waals surface area contributed by atoms with Crippen molar-refractivity contribution in [1.82, 2.24) is 5.32 Å². The number of rotatable bonds is 3. The topological polar surface area (TPSA) is 12.0 Å². The highest BCUT2D eigenvalue weighted by atomic mass is 35.5. The van der Waals surface area contributed by atoms with Crippen molar-refractivity contribution >= 4 is 23.2 Å². The maximum absolute atomic E-state index is 5.68. The van der Waals surface area contributed by atoms with Gasteiger partial charge in [-0.2, -0.15) is 0 Å². The average molecular weight is 170 g/mol. The van der Waals surface area contributed by atoms with Crippen LogP contribution in [0, 0.1) is 0 Å². The summed E-state index contributed by atoms with van der Waals surface area (Å²) in [6.45, 7) is 6.51. The Morgan fingerprint density at radius 1 is 1.44 bits per heavy atom. The first-order chi connectivity index (χ1) is 3.92. The zero-order valence-electron chi connectivity index (χ0n) is 6.04. The van der Waals surface area contributed by atoms with Crippen molar-refractivity contribution in [3.05, 3.63) is 0 Å². The molecule has 0 saturated heterocycles. The molecule has 0 aliphatic carbocycles. The zero-order valence-corrected chi connectivity index (χ0v) is 7.55. The van der Waals surface area contributed by atoms with Crippen molar-refractivity contribution in [3.63, 3.8) is 0 Å². The van der Waals surface area contributed by atoms with E-state index in [1.165, 1.54) is 0 Å². The summed E-state index contributed by atoms with van der Waals surface area (Å²) in [6, 6.07) is 0.446. The van der Waals surface area contributed by atoms with E-state index in [0.717, 1.165) is 0 Å². The van der Waals surface area contributed by atoms with Crippen LogP contribution in [0.15, 0.2) is 0 Å². The van der Waals surface area contributed by atoms with Gasteiger partial charge in [0.05, 0.1) is 0 Å². The largest absolute Gasteiger partial charge is 0.312 e. The average Bonchev–Trinajstić information content (AvgIpc) is 1.59. The molecule has 1 N–H and O–H groups in total. The highest BCUT2D eigenvalue weighted by molar-refractivity contribution is 6.48. The van der Waals surface area contributed by atoms with E-state index in [4.69, 9.17) is 23.2 Å². The van der Waals surface area contributed by atoms with Crippen LogP contribution in [0.2, 0.25) is 0 Å². The number of hydrogen-bond acceptors (Lipinski definition) is 1. The Kier molecular flexibility index (Phi) is 3.86. The van der Waals surface area contributed by atoms with E-state index in [1.54, 1.807) is 6.92 Å². The lowest BCUT2D eigenvalue weighted by atomic mass is 10.3. The fourth-order valence-electron chi connectivity index (χ4n) is 0.383. The monoisotopic (exact) mass is 169 g/mol. The van der Waals surface area contributed by atoms with Gasteiger partial charge >= 0.3 is 0 Å². The molecule has 0 aromatic rings. The molecular weight excluding hydrogens is 157 g/mol. The van der Waals surface area contributed by atoms with E-state index < -0.39 is 4.33 Å². The molecule has 0 heterocycles. The number of nitrogens with one attached hydrogen (secondary N) is 1. The number of halogens is 2. The summed E-state index contributed by atoms with van der Waals surface area (Å²) in [6.07, 6.45) is 0. The van der Waals surface area contributed by atoms with Crippen molar-refractivity contribution in [2.45, 2.75) is 31.1 Å². The van der Waals surface area contributed by atoms with E-state index in [1.807, 2.05) is 0 Å². The highest BCUT2D eigenvalue weighted by Gasteiger charge is 2.15. The summed E-state index contributed by atoms with van der Waals surface area (Å²) in [5.41, 5.74) is 0. The Balaban J connectivity index is 3.28. The van der Waals surface area contributed by atoms with Crippen molar-refractivity contribution < 1.29 is 0 Å². The molecule has 0 rings (SSSR count). The second-order valence-electron chi connectivity index (χ2n) is 2.61. The molecule has 3 heteroatoms. The summed E-state index contributed by atoms with van der Waals surface area (Å²) in [5, 5.41) is 3.12. The molecule has 0 spiro atoms. The Morgan fingerprint density at radius 3 is 2.00 bits per heavy atom. The van der Waals surface area contributed by atoms with Crippen LogP contribution >= 0.6 is 23.2 Å². The summed E-state index contributed by atoms with van der Waals surface area (Å²) >= 11 is 11.4. The van der Waals surface area contributed by atoms with Crippen LogP contribution in [0.3, 0.4) is 0 Å². The molecule has 0 bridgehead atoms. The molecule has 0 aromatic carbocycles. The highest BCUT2D eigenvalue weighted by Crippen LogP contribution is 2.17. The summed E-state index contributed by atoms with van der Waals surface area (Å²) < 4.78 is -0.635. The van der Waals surface area contributed by atoms with Crippen LogP contribution < -0.4 is 5.32 Å². The van der Waals surface area contributed by atoms with E-state index in [0.29, 0.717) is 12.6 Å². The first-order valence-electron chi connectivity index (χ1n) is 3.03. The third-order valence-corrected chi connectivity index (χ3v) is 1.09. The number of alkyl halides is 2. The zero-order chi connectivity index (χ0) is 7.49. The predicted molar refractivity (Wildman–Crippen MR) is 43.2 cm³/mol. The molecule has 0 saturated carbocycles. The molecular formula is C6H13Cl2N. The third-order valence-electron chi connectivity index (χ3n) is 0.821. The van der Waals surface area contributed by atoms with Gasteiger partial charge in [-0.1, -0.05) is 13.8 Å². The molecule has 0 atom stereocenters. The lowest BCUT2D eigenvalue weighted by Gasteiger charge is -2.15. The van der Waals surface area contributed by atoms with Crippen molar-refractivity contribution in [3.8, 4) is 0 Å². The smallest absolute Gasteiger partial charge is 0.127 e. The fraction of sp³-hybridized carbons (Fsp3) is 1.00. The van der Waals surface area contributed by atoms with Gasteiger partial charge in [0.15, 0.2) is 0 Å². The normalized spacial score (nSPS) is 12.7. The maximum Gasteiger partial charge on any atom is 0.127 e. The van der Waals surface area contributed by atoms with Gasteiger partial charge in [-0.3, -0.25) is 0 Å². The second kappa shape index (κ2) is 3.65. The van der Waals surface area contributed by atoms with Gasteiger partial charge in [0, 0.05) is 12.6 Å². The maximum atomic E-state index is 5.68. The Hall–Kier alpha value is 0.540. The molecule has 0 radical (unpaired) electrons. The molecule has 56 valence electrons. The Bertz CT molecular complexity index is 75.6. The fourth-order valence-corrected chi connectivity index (χ4v) is 0.538. The predicted octanol–water partition coefficient (Wildman–Crippen LogP) is 2.18. The van der Waals surface area contributed by atoms with Crippen molar-refractivity contribution in [1.29, 1.82) is 0 Å². The third kappa shape index (κ3) is 8.54. The van der Waals surface area contributed by atoms with E-state index in [2.05, 4.69) is 19.2 Å². The molecule has 1 nitrogen and oxygen atoms in total. The van der Waals surface area contributed by atoms with Gasteiger partial charge < -0.3 is 5.32 Å². The van der Waals surface area contributed by atoms with Crippen molar-refractivity contribution in [2.24, 2.45) is 0 Å². The van der Waals surface area contributed by atoms with Crippen LogP contribution in [0.1, 0.15) is 20.8 Å². The minimum atomic E-state index is -0.635. The van der Waals surface area contributed by atoms with Crippen LogP contribution in [0.5, 0.6) is 0 Å². The standard InChI is InChI=1S/C6H13Cl2N/c1-5(2)9-4-6(3,7)8/h5,9H,4H2,1-3H3. The quantitative estimate of drug-likeness (QED) is 0.640. The van der Waals surface area contributed by atoms with Gasteiger partial charge in [-0.15, -0.1) is 23.2 Å². The SMILES string of the molecule is CC(C)NCC(C)(Cl)Cl. The van der Waals surface area contributed by atoms with E-state index >= 15 is 0 Å². The van der Waals surface area contributed by atoms with Crippen molar-refractivity contribution in [2.75, 3.05) is 6.54 Å². The molecule has 0 amide bonds. The molecule has 0 aliphatic rings. The van der Waals surface area contributed by atoms with Crippen LogP contribution in [0.4, 0.5) is 0 Å². The molecule has 9 heavy (non-hydrogen) atoms. The van der Waals surface area contributed by atoms with Crippen LogP contribution in [-0.4, -0.2) is 16.9 Å². The number of hydrogen-bond donors (Lipinski definition) is 1. The lowest BCUT2D eigenvalue weighted by Crippen LogP contribution is -2.32. The first-order valence-corrected chi connectivity index (χ1v) is 3.78. The van der Waals surface area contributed by atoms with Gasteiger partial charge in [0.2, 0.25) is 0 Å². The summed E-state index contributed by atoms with van der Waals surface area (Å²) in [4.78, 5) is 0. The van der Waals surface area contributed by atoms with Crippen LogP contribution in [0.25, 0.3) is 0 Å². The Labute approximate surface area is 66.7 Å². The molecule has 0 aromatic heterocycles. The Morgan fingerprint density at radius 2 is 1.89 bits per heavy atom. The van der Waals surface area contributed by atoms with Gasteiger partial charge in [-0.25, -0.2) is 0 Å². The lowest BCUT2D eigenvalue weighted by molar-refractivity contribution is 0.570. The molecule has 0 fully saturated rings. The minimum absolute atomic E-state index is 0.446. The molecule has 0 unspecified atom stereocenters. The summed E-state index contributed by atoms with van der Waals surface area (Å²) in [7, 11) is 0. The van der Waals surface area contributed by atoms with E-state index in [9.17, 15) is 0 Å². The van der Waals surface area contributed by atoms with Crippen LogP contribution in [-0.2, 0) is 0 Å².